The van der Waals surface area contributed by atoms with Crippen LogP contribution >= 0.6 is 0 Å². The van der Waals surface area contributed by atoms with Gasteiger partial charge in [0.15, 0.2) is 0 Å². The van der Waals surface area contributed by atoms with Crippen LogP contribution in [0.15, 0.2) is 18.2 Å². The lowest BCUT2D eigenvalue weighted by Crippen LogP contribution is -2.51. The van der Waals surface area contributed by atoms with E-state index in [-0.39, 0.29) is 17.9 Å². The molecule has 5 rings (SSSR count). The Morgan fingerprint density at radius 1 is 1.10 bits per heavy atom. The van der Waals surface area contributed by atoms with Crippen molar-refractivity contribution in [3.05, 3.63) is 23.9 Å². The number of ether oxygens (including phenoxy) is 1. The van der Waals surface area contributed by atoms with E-state index in [0.29, 0.717) is 24.7 Å². The number of aryl methyl sites for hydroxylation is 1. The quantitative estimate of drug-likeness (QED) is 0.597. The molecule has 3 saturated heterocycles. The number of benzene rings is 1. The Balaban J connectivity index is 1.20. The fourth-order valence-electron chi connectivity index (χ4n) is 6.27. The molecule has 1 aromatic carbocycles. The molecule has 39 heavy (non-hydrogen) atoms. The molecule has 10 heteroatoms. The number of para-hydroxylation sites is 1. The summed E-state index contributed by atoms with van der Waals surface area (Å²) in [4.78, 5) is 43.5. The van der Waals surface area contributed by atoms with E-state index >= 15 is 0 Å². The van der Waals surface area contributed by atoms with E-state index in [1.165, 1.54) is 0 Å². The smallest absolute Gasteiger partial charge is 0.410 e. The van der Waals surface area contributed by atoms with Crippen LogP contribution < -0.4 is 10.2 Å². The van der Waals surface area contributed by atoms with Crippen molar-refractivity contribution in [2.45, 2.75) is 58.5 Å². The Morgan fingerprint density at radius 2 is 1.85 bits per heavy atom. The highest BCUT2D eigenvalue weighted by molar-refractivity contribution is 6.03. The summed E-state index contributed by atoms with van der Waals surface area (Å²) >= 11 is 0. The molecule has 0 bridgehead atoms. The van der Waals surface area contributed by atoms with Crippen molar-refractivity contribution in [3.63, 3.8) is 0 Å². The van der Waals surface area contributed by atoms with Crippen molar-refractivity contribution in [1.82, 2.24) is 24.9 Å². The number of nitrogens with one attached hydrogen (secondary N) is 1. The summed E-state index contributed by atoms with van der Waals surface area (Å²) in [5.74, 6) is 0.127. The summed E-state index contributed by atoms with van der Waals surface area (Å²) in [6.07, 6.45) is 1.63. The zero-order valence-corrected chi connectivity index (χ0v) is 23.9. The van der Waals surface area contributed by atoms with Gasteiger partial charge in [0, 0.05) is 64.7 Å². The van der Waals surface area contributed by atoms with Gasteiger partial charge in [0.1, 0.15) is 5.60 Å². The zero-order chi connectivity index (χ0) is 27.9. The molecule has 3 fully saturated rings. The van der Waals surface area contributed by atoms with Crippen LogP contribution in [0.3, 0.4) is 0 Å². The molecule has 0 spiro atoms. The van der Waals surface area contributed by atoms with Crippen molar-refractivity contribution in [2.24, 2.45) is 18.9 Å². The van der Waals surface area contributed by atoms with E-state index in [9.17, 15) is 14.4 Å². The Hall–Kier alpha value is -3.14. The van der Waals surface area contributed by atoms with Crippen LogP contribution in [0.5, 0.6) is 0 Å². The first kappa shape index (κ1) is 27.4. The van der Waals surface area contributed by atoms with E-state index in [4.69, 9.17) is 9.84 Å². The van der Waals surface area contributed by atoms with Gasteiger partial charge >= 0.3 is 6.09 Å². The molecule has 3 atom stereocenters. The second-order valence-corrected chi connectivity index (χ2v) is 12.4. The number of hydrogen-bond acceptors (Lipinski definition) is 7. The van der Waals surface area contributed by atoms with Crippen LogP contribution in [0.4, 0.5) is 10.5 Å². The number of fused-ring (bicyclic) bond motifs is 1. The fraction of sp³-hybridized carbons (Fsp3) is 0.655. The number of aromatic nitrogens is 2. The highest BCUT2D eigenvalue weighted by Gasteiger charge is 2.34. The number of likely N-dealkylation sites (tertiary alicyclic amines) is 1. The normalized spacial score (nSPS) is 25.2. The SMILES string of the molecule is C[C@H]1CN(C(=O)OC(C)(C)C)CC[C@@H]1CN1CCN(c2cccc3c(C4CCC(=O)NC4=O)nn(C)c23)CC1. The van der Waals surface area contributed by atoms with Gasteiger partial charge in [0.05, 0.1) is 22.8 Å². The van der Waals surface area contributed by atoms with Gasteiger partial charge in [-0.25, -0.2) is 4.79 Å². The zero-order valence-electron chi connectivity index (χ0n) is 23.9. The van der Waals surface area contributed by atoms with Gasteiger partial charge in [-0.15, -0.1) is 0 Å². The molecule has 0 radical (unpaired) electrons. The molecular formula is C29H42N6O4. The number of piperazine rings is 1. The van der Waals surface area contributed by atoms with E-state index in [2.05, 4.69) is 28.1 Å². The molecule has 4 heterocycles. The number of amides is 3. The summed E-state index contributed by atoms with van der Waals surface area (Å²) < 4.78 is 7.47. The molecule has 3 amide bonds. The fourth-order valence-corrected chi connectivity index (χ4v) is 6.27. The Labute approximate surface area is 230 Å². The molecule has 212 valence electrons. The standard InChI is InChI=1S/C29H42N6O4/c1-19-17-35(28(38)39-29(2,3)4)12-11-20(19)18-33-13-15-34(16-14-33)23-8-6-7-21-25(31-32(5)26(21)23)22-9-10-24(36)30-27(22)37/h6-8,19-20,22H,9-18H2,1-5H3,(H,30,36,37)/t19-,20+,22?/m0/s1. The minimum atomic E-state index is -0.469. The molecule has 2 aromatic rings. The first-order valence-corrected chi connectivity index (χ1v) is 14.2. The number of rotatable bonds is 4. The number of carbonyl (C=O) groups excluding carboxylic acids is 3. The monoisotopic (exact) mass is 538 g/mol. The van der Waals surface area contributed by atoms with Gasteiger partial charge in [-0.2, -0.15) is 5.10 Å². The molecule has 1 N–H and O–H groups in total. The number of anilines is 1. The molecule has 10 nitrogen and oxygen atoms in total. The van der Waals surface area contributed by atoms with Crippen molar-refractivity contribution < 1.29 is 19.1 Å². The third-order valence-corrected chi connectivity index (χ3v) is 8.38. The van der Waals surface area contributed by atoms with Crippen LogP contribution in [0.25, 0.3) is 10.9 Å². The highest BCUT2D eigenvalue weighted by Crippen LogP contribution is 2.35. The Bertz CT molecular complexity index is 1240. The molecule has 3 aliphatic heterocycles. The maximum atomic E-state index is 12.6. The summed E-state index contributed by atoms with van der Waals surface area (Å²) in [6.45, 7) is 14.3. The van der Waals surface area contributed by atoms with Gasteiger partial charge < -0.3 is 14.5 Å². The predicted molar refractivity (Wildman–Crippen MR) is 150 cm³/mol. The maximum Gasteiger partial charge on any atom is 0.410 e. The molecular weight excluding hydrogens is 496 g/mol. The van der Waals surface area contributed by atoms with E-state index in [1.54, 1.807) is 0 Å². The average molecular weight is 539 g/mol. The van der Waals surface area contributed by atoms with E-state index in [0.717, 1.165) is 74.5 Å². The number of carbonyl (C=O) groups is 3. The number of imide groups is 1. The summed E-state index contributed by atoms with van der Waals surface area (Å²) in [7, 11) is 1.93. The summed E-state index contributed by atoms with van der Waals surface area (Å²) in [6, 6.07) is 6.22. The lowest BCUT2D eigenvalue weighted by atomic mass is 9.86. The van der Waals surface area contributed by atoms with E-state index in [1.807, 2.05) is 49.5 Å². The Morgan fingerprint density at radius 3 is 2.51 bits per heavy atom. The van der Waals surface area contributed by atoms with E-state index < -0.39 is 11.5 Å². The van der Waals surface area contributed by atoms with Crippen molar-refractivity contribution in [1.29, 1.82) is 0 Å². The van der Waals surface area contributed by atoms with Crippen LogP contribution in [-0.2, 0) is 21.4 Å². The minimum absolute atomic E-state index is 0.202. The van der Waals surface area contributed by atoms with Crippen molar-refractivity contribution >= 4 is 34.5 Å². The topological polar surface area (TPSA) is 100 Å². The van der Waals surface area contributed by atoms with Crippen LogP contribution in [0.2, 0.25) is 0 Å². The van der Waals surface area contributed by atoms with Crippen LogP contribution in [0.1, 0.15) is 58.6 Å². The molecule has 3 aliphatic rings. The number of hydrogen-bond donors (Lipinski definition) is 1. The highest BCUT2D eigenvalue weighted by atomic mass is 16.6. The minimum Gasteiger partial charge on any atom is -0.444 e. The van der Waals surface area contributed by atoms with Crippen molar-refractivity contribution in [3.8, 4) is 0 Å². The third kappa shape index (κ3) is 5.90. The van der Waals surface area contributed by atoms with Gasteiger partial charge in [-0.3, -0.25) is 24.5 Å². The second-order valence-electron chi connectivity index (χ2n) is 12.4. The van der Waals surface area contributed by atoms with Gasteiger partial charge in [-0.05, 0) is 51.5 Å². The van der Waals surface area contributed by atoms with Crippen molar-refractivity contribution in [2.75, 3.05) is 50.7 Å². The molecule has 0 saturated carbocycles. The largest absolute Gasteiger partial charge is 0.444 e. The van der Waals surface area contributed by atoms with Gasteiger partial charge in [0.2, 0.25) is 11.8 Å². The number of nitrogens with zero attached hydrogens (tertiary/aromatic N) is 5. The number of piperidine rings is 2. The van der Waals surface area contributed by atoms with Crippen LogP contribution in [-0.4, -0.2) is 88.9 Å². The van der Waals surface area contributed by atoms with Crippen LogP contribution in [0, 0.1) is 11.8 Å². The lowest BCUT2D eigenvalue weighted by molar-refractivity contribution is -0.134. The first-order valence-electron chi connectivity index (χ1n) is 14.2. The summed E-state index contributed by atoms with van der Waals surface area (Å²) in [5, 5.41) is 8.21. The predicted octanol–water partition coefficient (Wildman–Crippen LogP) is 3.11. The molecule has 1 aromatic heterocycles. The lowest BCUT2D eigenvalue weighted by Gasteiger charge is -2.42. The van der Waals surface area contributed by atoms with Gasteiger partial charge in [0.25, 0.3) is 0 Å². The molecule has 0 aliphatic carbocycles. The average Bonchev–Trinajstić information content (AvgIpc) is 3.21. The third-order valence-electron chi connectivity index (χ3n) is 8.38. The first-order chi connectivity index (χ1) is 18.5. The second kappa shape index (κ2) is 10.8. The Kier molecular flexibility index (Phi) is 7.59. The molecule has 1 unspecified atom stereocenters. The summed E-state index contributed by atoms with van der Waals surface area (Å²) in [5.41, 5.74) is 2.46. The maximum absolute atomic E-state index is 12.6. The van der Waals surface area contributed by atoms with Gasteiger partial charge in [-0.1, -0.05) is 19.1 Å².